The zero-order valence-corrected chi connectivity index (χ0v) is 17.6. The fraction of sp³-hybridized carbons (Fsp3) is 0.391. The molecule has 1 aliphatic carbocycles. The molecule has 2 aromatic carbocycles. The highest BCUT2D eigenvalue weighted by Gasteiger charge is 2.35. The van der Waals surface area contributed by atoms with Gasteiger partial charge in [0.15, 0.2) is 5.84 Å². The number of nitrogens with one attached hydrogen (secondary N) is 1. The Bertz CT molecular complexity index is 1120. The summed E-state index contributed by atoms with van der Waals surface area (Å²) in [5, 5.41) is 3.27. The van der Waals surface area contributed by atoms with Gasteiger partial charge < -0.3 is 10.2 Å². The van der Waals surface area contributed by atoms with Crippen molar-refractivity contribution < 1.29 is 13.2 Å². The number of sulfonamides is 1. The summed E-state index contributed by atoms with van der Waals surface area (Å²) in [5.41, 5.74) is 3.25. The molecule has 1 amide bonds. The zero-order chi connectivity index (χ0) is 20.7. The summed E-state index contributed by atoms with van der Waals surface area (Å²) in [7, 11) is -3.61. The molecular weight excluding hydrogens is 398 g/mol. The largest absolute Gasteiger partial charge is 0.355 e. The third-order valence-corrected chi connectivity index (χ3v) is 7.79. The number of fused-ring (bicyclic) bond motifs is 2. The lowest BCUT2D eigenvalue weighted by Gasteiger charge is -2.34. The number of hydrogen-bond acceptors (Lipinski definition) is 4. The number of aryl methyl sites for hydroxylation is 1. The molecule has 7 heteroatoms. The molecule has 2 aliphatic heterocycles. The van der Waals surface area contributed by atoms with E-state index >= 15 is 0 Å². The van der Waals surface area contributed by atoms with Crippen molar-refractivity contribution in [3.8, 4) is 0 Å². The minimum Gasteiger partial charge on any atom is -0.355 e. The van der Waals surface area contributed by atoms with Crippen LogP contribution >= 0.6 is 0 Å². The molecule has 0 aromatic heterocycles. The van der Waals surface area contributed by atoms with Crippen molar-refractivity contribution >= 4 is 21.8 Å². The maximum Gasteiger partial charge on any atom is 0.285 e. The first-order valence-corrected chi connectivity index (χ1v) is 12.0. The molecule has 156 valence electrons. The Morgan fingerprint density at radius 1 is 1.00 bits per heavy atom. The van der Waals surface area contributed by atoms with E-state index in [2.05, 4.69) is 27.9 Å². The summed E-state index contributed by atoms with van der Waals surface area (Å²) >= 11 is 0. The number of hydrogen-bond donors (Lipinski definition) is 1. The molecule has 1 fully saturated rings. The van der Waals surface area contributed by atoms with Crippen LogP contribution in [0.5, 0.6) is 0 Å². The van der Waals surface area contributed by atoms with Crippen LogP contribution in [0.2, 0.25) is 0 Å². The fourth-order valence-corrected chi connectivity index (χ4v) is 6.09. The second kappa shape index (κ2) is 7.54. The number of carbonyl (C=O) groups is 1. The average Bonchev–Trinajstić information content (AvgIpc) is 3.05. The highest BCUT2D eigenvalue weighted by Crippen LogP contribution is 2.32. The normalized spacial score (nSPS) is 22.7. The van der Waals surface area contributed by atoms with Crippen LogP contribution in [0.25, 0.3) is 0 Å². The van der Waals surface area contributed by atoms with E-state index in [-0.39, 0.29) is 22.8 Å². The van der Waals surface area contributed by atoms with Gasteiger partial charge in [0.1, 0.15) is 4.90 Å². The van der Waals surface area contributed by atoms with Crippen molar-refractivity contribution in [2.24, 2.45) is 10.3 Å². The second-order valence-electron chi connectivity index (χ2n) is 8.30. The summed E-state index contributed by atoms with van der Waals surface area (Å²) in [5.74, 6) is 0.576. The number of carbonyl (C=O) groups excluding carboxylic acids is 1. The highest BCUT2D eigenvalue weighted by molar-refractivity contribution is 7.90. The van der Waals surface area contributed by atoms with Crippen LogP contribution in [0, 0.1) is 5.92 Å². The maximum atomic E-state index is 12.9. The van der Waals surface area contributed by atoms with Gasteiger partial charge in [0.05, 0.1) is 6.04 Å². The Kier molecular flexibility index (Phi) is 4.85. The number of nitrogens with zero attached hydrogens (tertiary/aromatic N) is 2. The van der Waals surface area contributed by atoms with Gasteiger partial charge >= 0.3 is 0 Å². The molecule has 2 aromatic rings. The van der Waals surface area contributed by atoms with E-state index in [1.54, 1.807) is 18.2 Å². The smallest absolute Gasteiger partial charge is 0.285 e. The Hall–Kier alpha value is -2.67. The van der Waals surface area contributed by atoms with Gasteiger partial charge in [-0.1, -0.05) is 36.4 Å². The molecule has 30 heavy (non-hydrogen) atoms. The summed E-state index contributed by atoms with van der Waals surface area (Å²) in [6.45, 7) is 1.25. The van der Waals surface area contributed by atoms with Crippen LogP contribution in [0.15, 0.2) is 57.8 Å². The van der Waals surface area contributed by atoms with Crippen LogP contribution in [0.1, 0.15) is 48.4 Å². The first kappa shape index (κ1) is 19.3. The van der Waals surface area contributed by atoms with Crippen molar-refractivity contribution in [3.05, 3.63) is 65.2 Å². The number of rotatable bonds is 2. The van der Waals surface area contributed by atoms with Crippen molar-refractivity contribution in [3.63, 3.8) is 0 Å². The number of piperidine rings is 1. The molecule has 2 heterocycles. The van der Waals surface area contributed by atoms with Crippen molar-refractivity contribution in [1.82, 2.24) is 10.2 Å². The van der Waals surface area contributed by atoms with Crippen LogP contribution in [-0.2, 0) is 21.2 Å². The molecule has 3 aliphatic rings. The molecule has 0 saturated carbocycles. The Morgan fingerprint density at radius 3 is 2.57 bits per heavy atom. The van der Waals surface area contributed by atoms with Crippen molar-refractivity contribution in [2.75, 3.05) is 13.1 Å². The molecule has 1 saturated heterocycles. The maximum absolute atomic E-state index is 12.9. The third kappa shape index (κ3) is 3.41. The minimum atomic E-state index is -3.61. The highest BCUT2D eigenvalue weighted by atomic mass is 32.2. The Balaban J connectivity index is 1.25. The fourth-order valence-electron chi connectivity index (χ4n) is 4.86. The van der Waals surface area contributed by atoms with Gasteiger partial charge in [-0.3, -0.25) is 4.79 Å². The van der Waals surface area contributed by atoms with Gasteiger partial charge in [-0.05, 0) is 55.4 Å². The monoisotopic (exact) mass is 423 g/mol. The van der Waals surface area contributed by atoms with Crippen LogP contribution in [0.4, 0.5) is 0 Å². The molecule has 6 nitrogen and oxygen atoms in total. The van der Waals surface area contributed by atoms with Crippen molar-refractivity contribution in [2.45, 2.75) is 43.0 Å². The molecule has 0 unspecified atom stereocenters. The lowest BCUT2D eigenvalue weighted by atomic mass is 9.87. The predicted octanol–water partition coefficient (Wildman–Crippen LogP) is 3.04. The van der Waals surface area contributed by atoms with Gasteiger partial charge in [-0.15, -0.1) is 4.40 Å². The molecule has 5 rings (SSSR count). The van der Waals surface area contributed by atoms with Gasteiger partial charge in [-0.25, -0.2) is 0 Å². The predicted molar refractivity (Wildman–Crippen MR) is 115 cm³/mol. The van der Waals surface area contributed by atoms with E-state index in [0.717, 1.165) is 19.3 Å². The molecular formula is C23H25N3O3S. The van der Waals surface area contributed by atoms with E-state index in [1.807, 2.05) is 17.0 Å². The lowest BCUT2D eigenvalue weighted by Crippen LogP contribution is -2.44. The first-order chi connectivity index (χ1) is 14.5. The summed E-state index contributed by atoms with van der Waals surface area (Å²) in [6.07, 6.45) is 4.54. The van der Waals surface area contributed by atoms with E-state index in [1.165, 1.54) is 11.1 Å². The van der Waals surface area contributed by atoms with Gasteiger partial charge in [0.25, 0.3) is 10.0 Å². The molecule has 0 radical (unpaired) electrons. The van der Waals surface area contributed by atoms with Gasteiger partial charge in [0.2, 0.25) is 5.91 Å². The van der Waals surface area contributed by atoms with Crippen LogP contribution < -0.4 is 5.32 Å². The van der Waals surface area contributed by atoms with Gasteiger partial charge in [-0.2, -0.15) is 8.42 Å². The zero-order valence-electron chi connectivity index (χ0n) is 16.8. The summed E-state index contributed by atoms with van der Waals surface area (Å²) in [6, 6.07) is 15.4. The second-order valence-corrected chi connectivity index (χ2v) is 9.87. The first-order valence-electron chi connectivity index (χ1n) is 10.6. The molecule has 1 N–H and O–H groups in total. The quantitative estimate of drug-likeness (QED) is 0.805. The van der Waals surface area contributed by atoms with Gasteiger partial charge in [0, 0.05) is 24.6 Å². The Morgan fingerprint density at radius 2 is 1.73 bits per heavy atom. The average molecular weight is 424 g/mol. The van der Waals surface area contributed by atoms with Crippen LogP contribution in [-0.4, -0.2) is 38.2 Å². The van der Waals surface area contributed by atoms with E-state index in [4.69, 9.17) is 0 Å². The summed E-state index contributed by atoms with van der Waals surface area (Å²) in [4.78, 5) is 15.2. The minimum absolute atomic E-state index is 0.0517. The van der Waals surface area contributed by atoms with E-state index in [9.17, 15) is 13.2 Å². The van der Waals surface area contributed by atoms with E-state index < -0.39 is 10.0 Å². The number of benzene rings is 2. The SMILES string of the molecule is O=C(N[C@H]1CCCc2ccccc21)C1CCN(C2=NS(=O)(=O)c3ccccc32)CC1. The molecule has 0 bridgehead atoms. The molecule has 1 atom stereocenters. The number of likely N-dealkylation sites (tertiary alicyclic amines) is 1. The topological polar surface area (TPSA) is 78.8 Å². The summed E-state index contributed by atoms with van der Waals surface area (Å²) < 4.78 is 28.7. The lowest BCUT2D eigenvalue weighted by molar-refractivity contribution is -0.127. The molecule has 0 spiro atoms. The Labute approximate surface area is 177 Å². The van der Waals surface area contributed by atoms with E-state index in [0.29, 0.717) is 37.3 Å². The third-order valence-electron chi connectivity index (χ3n) is 6.46. The standard InChI is InChI=1S/C23H25N3O3S/c27-23(24-20-10-5-7-16-6-1-2-8-18(16)20)17-12-14-26(15-13-17)22-19-9-3-4-11-21(19)30(28,29)25-22/h1-4,6,8-9,11,17,20H,5,7,10,12-15H2,(H,24,27)/t20-/m0/s1. The number of amidine groups is 1. The number of amides is 1. The van der Waals surface area contributed by atoms with Crippen LogP contribution in [0.3, 0.4) is 0 Å². The van der Waals surface area contributed by atoms with Crippen molar-refractivity contribution in [1.29, 1.82) is 0 Å².